The van der Waals surface area contributed by atoms with Crippen molar-refractivity contribution < 1.29 is 23.8 Å². The van der Waals surface area contributed by atoms with Crippen molar-refractivity contribution in [3.05, 3.63) is 76.2 Å². The molecule has 1 aliphatic carbocycles. The zero-order valence-electron chi connectivity index (χ0n) is 17.2. The van der Waals surface area contributed by atoms with Crippen molar-refractivity contribution in [2.24, 2.45) is 0 Å². The monoisotopic (exact) mass is 437 g/mol. The lowest BCUT2D eigenvalue weighted by atomic mass is 10.1. The number of fused-ring (bicyclic) bond motifs is 1. The van der Waals surface area contributed by atoms with Gasteiger partial charge in [-0.2, -0.15) is 0 Å². The molecule has 7 heteroatoms. The Morgan fingerprint density at radius 1 is 0.935 bits per heavy atom. The average molecular weight is 438 g/mol. The smallest absolute Gasteiger partial charge is 0.341 e. The van der Waals surface area contributed by atoms with E-state index in [1.54, 1.807) is 24.3 Å². The number of benzene rings is 2. The quantitative estimate of drug-likeness (QED) is 0.407. The lowest BCUT2D eigenvalue weighted by molar-refractivity contribution is 0.0601. The maximum atomic E-state index is 12.7. The highest BCUT2D eigenvalue weighted by Crippen LogP contribution is 2.39. The predicted octanol–water partition coefficient (Wildman–Crippen LogP) is 4.73. The highest BCUT2D eigenvalue weighted by molar-refractivity contribution is 7.17. The number of para-hydroxylation sites is 1. The van der Waals surface area contributed by atoms with Gasteiger partial charge in [0.1, 0.15) is 29.7 Å². The number of ether oxygens (including phenoxy) is 3. The highest BCUT2D eigenvalue weighted by Gasteiger charge is 2.28. The van der Waals surface area contributed by atoms with Crippen LogP contribution in [0.1, 0.15) is 37.6 Å². The molecule has 1 N–H and O–H groups in total. The van der Waals surface area contributed by atoms with Gasteiger partial charge < -0.3 is 19.5 Å². The number of rotatable bonds is 8. The van der Waals surface area contributed by atoms with Gasteiger partial charge in [0.2, 0.25) is 0 Å². The van der Waals surface area contributed by atoms with E-state index in [4.69, 9.17) is 14.2 Å². The summed E-state index contributed by atoms with van der Waals surface area (Å²) < 4.78 is 16.2. The Kier molecular flexibility index (Phi) is 6.52. The molecule has 0 fully saturated rings. The van der Waals surface area contributed by atoms with E-state index >= 15 is 0 Å². The Balaban J connectivity index is 1.34. The number of hydrogen-bond acceptors (Lipinski definition) is 6. The molecule has 4 rings (SSSR count). The topological polar surface area (TPSA) is 73.9 Å². The van der Waals surface area contributed by atoms with E-state index in [2.05, 4.69) is 5.32 Å². The molecule has 0 aliphatic heterocycles. The van der Waals surface area contributed by atoms with Crippen LogP contribution in [0.5, 0.6) is 11.5 Å². The molecule has 1 aromatic heterocycles. The molecule has 0 saturated heterocycles. The number of nitrogens with one attached hydrogen (secondary N) is 1. The average Bonchev–Trinajstić information content (AvgIpc) is 3.38. The normalized spacial score (nSPS) is 12.2. The van der Waals surface area contributed by atoms with E-state index in [1.165, 1.54) is 18.4 Å². The second-order valence-electron chi connectivity index (χ2n) is 7.04. The number of hydrogen-bond donors (Lipinski definition) is 1. The first-order valence-electron chi connectivity index (χ1n) is 10.1. The molecule has 0 spiro atoms. The minimum Gasteiger partial charge on any atom is -0.490 e. The molecule has 1 amide bonds. The summed E-state index contributed by atoms with van der Waals surface area (Å²) in [6.07, 6.45) is 2.79. The molecule has 0 bridgehead atoms. The van der Waals surface area contributed by atoms with Crippen LogP contribution in [0.3, 0.4) is 0 Å². The minimum absolute atomic E-state index is 0.274. The van der Waals surface area contributed by atoms with Crippen LogP contribution in [0.2, 0.25) is 0 Å². The summed E-state index contributed by atoms with van der Waals surface area (Å²) in [5, 5.41) is 3.43. The van der Waals surface area contributed by atoms with Gasteiger partial charge in [-0.05, 0) is 61.2 Å². The third-order valence-corrected chi connectivity index (χ3v) is 6.23. The Bertz CT molecular complexity index is 1060. The Morgan fingerprint density at radius 2 is 1.61 bits per heavy atom. The van der Waals surface area contributed by atoms with Crippen molar-refractivity contribution in [3.63, 3.8) is 0 Å². The van der Waals surface area contributed by atoms with Gasteiger partial charge in [-0.3, -0.25) is 4.79 Å². The van der Waals surface area contributed by atoms with Gasteiger partial charge in [0.25, 0.3) is 5.91 Å². The third-order valence-electron chi connectivity index (χ3n) is 5.02. The van der Waals surface area contributed by atoms with Gasteiger partial charge in [-0.1, -0.05) is 18.2 Å². The van der Waals surface area contributed by atoms with E-state index in [1.807, 2.05) is 30.3 Å². The first-order valence-corrected chi connectivity index (χ1v) is 10.9. The van der Waals surface area contributed by atoms with Crippen molar-refractivity contribution in [1.29, 1.82) is 0 Å². The number of amides is 1. The van der Waals surface area contributed by atoms with Crippen LogP contribution >= 0.6 is 11.3 Å². The molecule has 1 aliphatic rings. The Hall–Kier alpha value is -3.32. The van der Waals surface area contributed by atoms with Gasteiger partial charge in [-0.15, -0.1) is 11.3 Å². The number of carbonyl (C=O) groups excluding carboxylic acids is 2. The number of thiophene rings is 1. The van der Waals surface area contributed by atoms with Crippen molar-refractivity contribution in [3.8, 4) is 11.5 Å². The van der Waals surface area contributed by atoms with Crippen molar-refractivity contribution >= 4 is 28.2 Å². The molecule has 3 aromatic rings. The fourth-order valence-corrected chi connectivity index (χ4v) is 4.80. The van der Waals surface area contributed by atoms with Gasteiger partial charge in [0.05, 0.1) is 12.7 Å². The standard InChI is InChI=1S/C24H23NO5S/c1-28-24(27)21-19-8-5-9-20(19)31-23(21)25-22(26)16-10-12-18(13-11-16)30-15-14-29-17-6-3-2-4-7-17/h2-4,6-7,10-13H,5,8-9,14-15H2,1H3,(H,25,26). The number of carbonyl (C=O) groups is 2. The second kappa shape index (κ2) is 9.66. The number of aryl methyl sites for hydroxylation is 1. The second-order valence-corrected chi connectivity index (χ2v) is 8.15. The largest absolute Gasteiger partial charge is 0.490 e. The van der Waals surface area contributed by atoms with E-state index in [-0.39, 0.29) is 5.91 Å². The molecule has 0 atom stereocenters. The molecular weight excluding hydrogens is 414 g/mol. The van der Waals surface area contributed by atoms with Crippen LogP contribution in [-0.4, -0.2) is 32.2 Å². The fraction of sp³-hybridized carbons (Fsp3) is 0.250. The summed E-state index contributed by atoms with van der Waals surface area (Å²) in [5.41, 5.74) is 1.98. The summed E-state index contributed by atoms with van der Waals surface area (Å²) >= 11 is 1.46. The fourth-order valence-electron chi connectivity index (χ4n) is 3.52. The van der Waals surface area contributed by atoms with Gasteiger partial charge in [-0.25, -0.2) is 4.79 Å². The summed E-state index contributed by atoms with van der Waals surface area (Å²) in [4.78, 5) is 26.1. The summed E-state index contributed by atoms with van der Waals surface area (Å²) in [6, 6.07) is 16.4. The number of anilines is 1. The van der Waals surface area contributed by atoms with Gasteiger partial charge >= 0.3 is 5.97 Å². The van der Waals surface area contributed by atoms with Crippen molar-refractivity contribution in [1.82, 2.24) is 0 Å². The number of methoxy groups -OCH3 is 1. The summed E-state index contributed by atoms with van der Waals surface area (Å²) in [6.45, 7) is 0.815. The van der Waals surface area contributed by atoms with Crippen LogP contribution in [0.25, 0.3) is 0 Å². The molecule has 0 saturated carbocycles. The first-order chi connectivity index (χ1) is 15.2. The van der Waals surface area contributed by atoms with E-state index in [0.717, 1.165) is 35.5 Å². The van der Waals surface area contributed by atoms with E-state index in [0.29, 0.717) is 35.1 Å². The van der Waals surface area contributed by atoms with Gasteiger partial charge in [0.15, 0.2) is 0 Å². The van der Waals surface area contributed by atoms with Crippen LogP contribution in [-0.2, 0) is 17.6 Å². The third kappa shape index (κ3) is 4.88. The van der Waals surface area contributed by atoms with Crippen LogP contribution in [0.4, 0.5) is 5.00 Å². The molecule has 160 valence electrons. The molecule has 2 aromatic carbocycles. The van der Waals surface area contributed by atoms with Crippen LogP contribution in [0.15, 0.2) is 54.6 Å². The summed E-state index contributed by atoms with van der Waals surface area (Å²) in [5.74, 6) is 0.766. The predicted molar refractivity (Wildman–Crippen MR) is 120 cm³/mol. The molecule has 6 nitrogen and oxygen atoms in total. The van der Waals surface area contributed by atoms with Crippen molar-refractivity contribution in [2.45, 2.75) is 19.3 Å². The van der Waals surface area contributed by atoms with Crippen molar-refractivity contribution in [2.75, 3.05) is 25.6 Å². The Labute approximate surface area is 184 Å². The molecule has 31 heavy (non-hydrogen) atoms. The molecule has 0 radical (unpaired) electrons. The van der Waals surface area contributed by atoms with Gasteiger partial charge in [0, 0.05) is 10.4 Å². The zero-order chi connectivity index (χ0) is 21.6. The highest BCUT2D eigenvalue weighted by atomic mass is 32.1. The minimum atomic E-state index is -0.406. The maximum absolute atomic E-state index is 12.7. The SMILES string of the molecule is COC(=O)c1c(NC(=O)c2ccc(OCCOc3ccccc3)cc2)sc2c1CCC2. The molecular formula is C24H23NO5S. The molecule has 0 unspecified atom stereocenters. The number of esters is 1. The molecule has 1 heterocycles. The lowest BCUT2D eigenvalue weighted by Crippen LogP contribution is -2.14. The lowest BCUT2D eigenvalue weighted by Gasteiger charge is -2.09. The Morgan fingerprint density at radius 3 is 2.29 bits per heavy atom. The first kappa shape index (κ1) is 20.9. The zero-order valence-corrected chi connectivity index (χ0v) is 18.0. The maximum Gasteiger partial charge on any atom is 0.341 e. The van der Waals surface area contributed by atoms with Crippen LogP contribution < -0.4 is 14.8 Å². The van der Waals surface area contributed by atoms with E-state index < -0.39 is 5.97 Å². The summed E-state index contributed by atoms with van der Waals surface area (Å²) in [7, 11) is 1.36. The van der Waals surface area contributed by atoms with E-state index in [9.17, 15) is 9.59 Å². The van der Waals surface area contributed by atoms with Crippen LogP contribution in [0, 0.1) is 0 Å².